The van der Waals surface area contributed by atoms with Gasteiger partial charge in [0.25, 0.3) is 0 Å². The normalized spacial score (nSPS) is 34.9. The molecule has 4 saturated carbocycles. The minimum Gasteiger partial charge on any atom is -0.456 e. The lowest BCUT2D eigenvalue weighted by molar-refractivity contribution is -0.159. The number of likely N-dealkylation sites (tertiary alicyclic amines) is 2. The van der Waals surface area contributed by atoms with E-state index in [1.54, 1.807) is 24.3 Å². The van der Waals surface area contributed by atoms with Crippen LogP contribution in [0.25, 0.3) is 0 Å². The summed E-state index contributed by atoms with van der Waals surface area (Å²) in [6.45, 7) is -0.259. The molecule has 7 rings (SSSR count). The first-order valence-electron chi connectivity index (χ1n) is 15.4. The number of esters is 1. The standard InChI is InChI=1S/C32H35ClN2O7/c33-21-10-8-16(9-11-21)23(36)15-42-32(41)22(35-30(39)26-19-6-7-20(14-19)27(26)31(35)40)3-1-2-12-34-28(37)24-17-4-5-18(13-17)25(24)29(34)38/h8-11,17-20,22,24-27H,1-7,12-15H2/t17-,18-,19-,20-,22-,24+,25+,26-,27+/m1/s1. The Kier molecular flexibility index (Phi) is 6.99. The molecule has 0 aromatic heterocycles. The minimum absolute atomic E-state index is 0.0675. The summed E-state index contributed by atoms with van der Waals surface area (Å²) in [4.78, 5) is 81.8. The van der Waals surface area contributed by atoms with Crippen LogP contribution in [0.1, 0.15) is 68.1 Å². The third-order valence-corrected chi connectivity index (χ3v) is 11.4. The van der Waals surface area contributed by atoms with Gasteiger partial charge in [-0.2, -0.15) is 0 Å². The SMILES string of the molecule is O=C(COC(=O)[C@@H](CCCCN1C(=O)[C@H]2[C@@H]3CC[C@H](C3)[C@@H]2C1=O)N1C(=O)[C@@H]2[C@@H]3CC[C@H](C3)[C@@H]2C1=O)c1ccc(Cl)cc1. The van der Waals surface area contributed by atoms with E-state index in [9.17, 15) is 28.8 Å². The molecule has 0 unspecified atom stereocenters. The van der Waals surface area contributed by atoms with Crippen LogP contribution in [0, 0.1) is 47.3 Å². The lowest BCUT2D eigenvalue weighted by Crippen LogP contribution is -2.47. The van der Waals surface area contributed by atoms with Crippen LogP contribution in [-0.4, -0.2) is 64.4 Å². The second-order valence-electron chi connectivity index (χ2n) is 13.2. The van der Waals surface area contributed by atoms with Crippen molar-refractivity contribution in [2.45, 2.75) is 63.8 Å². The maximum atomic E-state index is 13.6. The van der Waals surface area contributed by atoms with Gasteiger partial charge in [-0.25, -0.2) is 4.79 Å². The number of fused-ring (bicyclic) bond motifs is 10. The zero-order valence-electron chi connectivity index (χ0n) is 23.4. The average molecular weight is 595 g/mol. The highest BCUT2D eigenvalue weighted by molar-refractivity contribution is 6.30. The van der Waals surface area contributed by atoms with Gasteiger partial charge in [0, 0.05) is 17.1 Å². The van der Waals surface area contributed by atoms with Crippen molar-refractivity contribution in [3.05, 3.63) is 34.9 Å². The molecule has 4 bridgehead atoms. The molecule has 6 fully saturated rings. The molecular formula is C32H35ClN2O7. The maximum Gasteiger partial charge on any atom is 0.329 e. The van der Waals surface area contributed by atoms with Crippen molar-refractivity contribution in [2.24, 2.45) is 47.3 Å². The topological polar surface area (TPSA) is 118 Å². The van der Waals surface area contributed by atoms with Gasteiger partial charge < -0.3 is 4.74 Å². The number of Topliss-reactive ketones (excluding diaryl/α,β-unsaturated/α-hetero) is 1. The summed E-state index contributed by atoms with van der Waals surface area (Å²) >= 11 is 5.90. The van der Waals surface area contributed by atoms with Crippen LogP contribution in [0.2, 0.25) is 5.02 Å². The molecule has 42 heavy (non-hydrogen) atoms. The summed E-state index contributed by atoms with van der Waals surface area (Å²) in [6.07, 6.45) is 6.75. The molecule has 9 atom stereocenters. The summed E-state index contributed by atoms with van der Waals surface area (Å²) in [7, 11) is 0. The molecule has 10 heteroatoms. The maximum absolute atomic E-state index is 13.6. The molecule has 222 valence electrons. The minimum atomic E-state index is -1.15. The van der Waals surface area contributed by atoms with Crippen LogP contribution in [-0.2, 0) is 28.7 Å². The number of carbonyl (C=O) groups is 6. The fourth-order valence-electron chi connectivity index (χ4n) is 9.34. The number of amides is 4. The number of carbonyl (C=O) groups excluding carboxylic acids is 6. The van der Waals surface area contributed by atoms with Crippen LogP contribution in [0.15, 0.2) is 24.3 Å². The highest BCUT2D eigenvalue weighted by Crippen LogP contribution is 2.57. The van der Waals surface area contributed by atoms with Gasteiger partial charge in [0.05, 0.1) is 23.7 Å². The molecule has 2 heterocycles. The molecule has 4 amide bonds. The van der Waals surface area contributed by atoms with Gasteiger partial charge >= 0.3 is 5.97 Å². The number of unbranched alkanes of at least 4 members (excludes halogenated alkanes) is 1. The zero-order chi connectivity index (χ0) is 29.3. The molecule has 1 aromatic rings. The molecule has 1 aromatic carbocycles. The van der Waals surface area contributed by atoms with Crippen LogP contribution >= 0.6 is 11.6 Å². The van der Waals surface area contributed by atoms with Gasteiger partial charge in [-0.05, 0) is 106 Å². The Morgan fingerprint density at radius 2 is 1.26 bits per heavy atom. The smallest absolute Gasteiger partial charge is 0.329 e. The van der Waals surface area contributed by atoms with E-state index in [1.165, 1.54) is 4.90 Å². The first kappa shape index (κ1) is 27.7. The molecule has 0 N–H and O–H groups in total. The van der Waals surface area contributed by atoms with Crippen molar-refractivity contribution in [2.75, 3.05) is 13.2 Å². The second-order valence-corrected chi connectivity index (χ2v) is 13.6. The van der Waals surface area contributed by atoms with Crippen LogP contribution in [0.5, 0.6) is 0 Å². The van der Waals surface area contributed by atoms with Crippen molar-refractivity contribution in [1.82, 2.24) is 9.80 Å². The van der Waals surface area contributed by atoms with Gasteiger partial charge in [-0.3, -0.25) is 33.8 Å². The quantitative estimate of drug-likeness (QED) is 0.175. The third kappa shape index (κ3) is 4.33. The molecular weight excluding hydrogens is 560 g/mol. The van der Waals surface area contributed by atoms with Crippen molar-refractivity contribution in [1.29, 1.82) is 0 Å². The Labute approximate surface area is 249 Å². The highest BCUT2D eigenvalue weighted by atomic mass is 35.5. The Balaban J connectivity index is 1.02. The Hall–Kier alpha value is -3.07. The zero-order valence-corrected chi connectivity index (χ0v) is 24.2. The summed E-state index contributed by atoms with van der Waals surface area (Å²) in [5.74, 6) is -2.08. The number of imide groups is 2. The van der Waals surface area contributed by atoms with Gasteiger partial charge in [-0.15, -0.1) is 0 Å². The van der Waals surface area contributed by atoms with E-state index in [1.807, 2.05) is 0 Å². The highest BCUT2D eigenvalue weighted by Gasteiger charge is 2.63. The van der Waals surface area contributed by atoms with E-state index in [-0.39, 0.29) is 72.1 Å². The number of hydrogen-bond acceptors (Lipinski definition) is 7. The second kappa shape index (κ2) is 10.6. The summed E-state index contributed by atoms with van der Waals surface area (Å²) < 4.78 is 5.41. The van der Waals surface area contributed by atoms with Crippen LogP contribution in [0.3, 0.4) is 0 Å². The molecule has 0 spiro atoms. The molecule has 4 aliphatic carbocycles. The van der Waals surface area contributed by atoms with E-state index in [4.69, 9.17) is 16.3 Å². The molecule has 9 nitrogen and oxygen atoms in total. The van der Waals surface area contributed by atoms with Crippen LogP contribution in [0.4, 0.5) is 0 Å². The van der Waals surface area contributed by atoms with E-state index >= 15 is 0 Å². The number of benzene rings is 1. The predicted molar refractivity (Wildman–Crippen MR) is 149 cm³/mol. The lowest BCUT2D eigenvalue weighted by atomic mass is 9.81. The van der Waals surface area contributed by atoms with Crippen molar-refractivity contribution >= 4 is 47.0 Å². The van der Waals surface area contributed by atoms with Crippen molar-refractivity contribution in [3.8, 4) is 0 Å². The Bertz CT molecular complexity index is 1300. The van der Waals surface area contributed by atoms with Gasteiger partial charge in [0.1, 0.15) is 6.04 Å². The largest absolute Gasteiger partial charge is 0.456 e. The summed E-state index contributed by atoms with van der Waals surface area (Å²) in [6, 6.07) is 5.08. The summed E-state index contributed by atoms with van der Waals surface area (Å²) in [5, 5.41) is 0.474. The average Bonchev–Trinajstić information content (AvgIpc) is 3.83. The molecule has 6 aliphatic rings. The number of hydrogen-bond donors (Lipinski definition) is 0. The lowest BCUT2D eigenvalue weighted by Gasteiger charge is -2.26. The molecule has 0 radical (unpaired) electrons. The number of rotatable bonds is 10. The monoisotopic (exact) mass is 594 g/mol. The van der Waals surface area contributed by atoms with Gasteiger partial charge in [0.15, 0.2) is 12.4 Å². The summed E-state index contributed by atoms with van der Waals surface area (Å²) in [5.41, 5.74) is 0.335. The van der Waals surface area contributed by atoms with Gasteiger partial charge in [0.2, 0.25) is 23.6 Å². The third-order valence-electron chi connectivity index (χ3n) is 11.2. The van der Waals surface area contributed by atoms with Gasteiger partial charge in [-0.1, -0.05) is 11.6 Å². The van der Waals surface area contributed by atoms with E-state index in [2.05, 4.69) is 0 Å². The molecule has 2 saturated heterocycles. The van der Waals surface area contributed by atoms with E-state index in [0.717, 1.165) is 43.4 Å². The Morgan fingerprint density at radius 1 is 0.762 bits per heavy atom. The Morgan fingerprint density at radius 3 is 1.79 bits per heavy atom. The number of ether oxygens (including phenoxy) is 1. The first-order chi connectivity index (χ1) is 20.2. The van der Waals surface area contributed by atoms with Crippen molar-refractivity contribution < 1.29 is 33.5 Å². The fourth-order valence-corrected chi connectivity index (χ4v) is 9.47. The van der Waals surface area contributed by atoms with E-state index in [0.29, 0.717) is 35.3 Å². The van der Waals surface area contributed by atoms with Crippen LogP contribution < -0.4 is 0 Å². The number of ketones is 1. The number of nitrogens with zero attached hydrogens (tertiary/aromatic N) is 2. The predicted octanol–water partition coefficient (Wildman–Crippen LogP) is 3.67. The first-order valence-corrected chi connectivity index (χ1v) is 15.8. The fraction of sp³-hybridized carbons (Fsp3) is 0.625. The molecule has 2 aliphatic heterocycles. The number of halogens is 1. The van der Waals surface area contributed by atoms with Crippen molar-refractivity contribution in [3.63, 3.8) is 0 Å². The van der Waals surface area contributed by atoms with E-state index < -0.39 is 24.4 Å².